The zero-order chi connectivity index (χ0) is 17.1. The third kappa shape index (κ3) is 3.56. The first-order valence-corrected chi connectivity index (χ1v) is 8.76. The maximum Gasteiger partial charge on any atom is 0.230 e. The molecule has 0 aliphatic heterocycles. The Morgan fingerprint density at radius 1 is 0.880 bits per heavy atom. The highest BCUT2D eigenvalue weighted by Gasteiger charge is 2.10. The van der Waals surface area contributed by atoms with Crippen molar-refractivity contribution in [2.45, 2.75) is 6.42 Å². The van der Waals surface area contributed by atoms with Crippen LogP contribution in [0.2, 0.25) is 0 Å². The average Bonchev–Trinajstić information content (AvgIpc) is 3.10. The summed E-state index contributed by atoms with van der Waals surface area (Å²) in [5.41, 5.74) is 1.97. The minimum absolute atomic E-state index is 0.0916. The zero-order valence-electron chi connectivity index (χ0n) is 13.3. The van der Waals surface area contributed by atoms with E-state index in [1.54, 1.807) is 0 Å². The molecule has 0 unspecified atom stereocenters. The lowest BCUT2D eigenvalue weighted by atomic mass is 10.1. The van der Waals surface area contributed by atoms with Gasteiger partial charge in [-0.1, -0.05) is 84.1 Å². The Morgan fingerprint density at radius 2 is 1.64 bits per heavy atom. The maximum absolute atomic E-state index is 12.3. The van der Waals surface area contributed by atoms with E-state index in [9.17, 15) is 4.79 Å². The fourth-order valence-corrected chi connectivity index (χ4v) is 3.43. The normalized spacial score (nSPS) is 10.7. The molecule has 4 aromatic rings. The predicted octanol–water partition coefficient (Wildman–Crippen LogP) is 4.54. The van der Waals surface area contributed by atoms with E-state index in [2.05, 4.69) is 21.6 Å². The van der Waals surface area contributed by atoms with Crippen molar-refractivity contribution in [2.75, 3.05) is 5.32 Å². The molecule has 0 spiro atoms. The number of nitrogens with zero attached hydrogens (tertiary/aromatic N) is 2. The van der Waals surface area contributed by atoms with Crippen molar-refractivity contribution in [2.24, 2.45) is 0 Å². The monoisotopic (exact) mass is 345 g/mol. The quantitative estimate of drug-likeness (QED) is 0.591. The molecule has 122 valence electrons. The minimum Gasteiger partial charge on any atom is -0.300 e. The van der Waals surface area contributed by atoms with Gasteiger partial charge in [-0.25, -0.2) is 0 Å². The van der Waals surface area contributed by atoms with E-state index in [0.29, 0.717) is 11.6 Å². The van der Waals surface area contributed by atoms with Crippen LogP contribution in [0.4, 0.5) is 5.13 Å². The van der Waals surface area contributed by atoms with Gasteiger partial charge in [-0.05, 0) is 16.3 Å². The van der Waals surface area contributed by atoms with E-state index in [4.69, 9.17) is 0 Å². The lowest BCUT2D eigenvalue weighted by Crippen LogP contribution is -2.14. The summed E-state index contributed by atoms with van der Waals surface area (Å²) >= 11 is 1.37. The molecular formula is C20H15N3OS. The number of fused-ring (bicyclic) bond motifs is 1. The van der Waals surface area contributed by atoms with Gasteiger partial charge in [-0.15, -0.1) is 10.2 Å². The molecule has 1 amide bonds. The van der Waals surface area contributed by atoms with Crippen LogP contribution in [-0.2, 0) is 11.2 Å². The number of nitrogens with one attached hydrogen (secondary N) is 1. The lowest BCUT2D eigenvalue weighted by Gasteiger charge is -2.04. The molecule has 4 rings (SSSR count). The number of hydrogen-bond donors (Lipinski definition) is 1. The van der Waals surface area contributed by atoms with Gasteiger partial charge in [-0.3, -0.25) is 4.79 Å². The van der Waals surface area contributed by atoms with Crippen LogP contribution in [0.1, 0.15) is 5.56 Å². The van der Waals surface area contributed by atoms with Crippen LogP contribution in [0, 0.1) is 0 Å². The number of carbonyl (C=O) groups is 1. The third-order valence-corrected chi connectivity index (χ3v) is 4.76. The Bertz CT molecular complexity index is 1030. The Kier molecular flexibility index (Phi) is 4.23. The second kappa shape index (κ2) is 6.83. The molecule has 0 bridgehead atoms. The van der Waals surface area contributed by atoms with E-state index in [-0.39, 0.29) is 5.91 Å². The second-order valence-electron chi connectivity index (χ2n) is 5.68. The van der Waals surface area contributed by atoms with Crippen LogP contribution in [0.3, 0.4) is 0 Å². The van der Waals surface area contributed by atoms with Crippen molar-refractivity contribution >= 4 is 33.1 Å². The molecule has 0 aliphatic carbocycles. The van der Waals surface area contributed by atoms with E-state index >= 15 is 0 Å². The summed E-state index contributed by atoms with van der Waals surface area (Å²) in [4.78, 5) is 12.3. The summed E-state index contributed by atoms with van der Waals surface area (Å²) in [6.07, 6.45) is 0.311. The van der Waals surface area contributed by atoms with Gasteiger partial charge < -0.3 is 5.32 Å². The van der Waals surface area contributed by atoms with Crippen molar-refractivity contribution in [3.05, 3.63) is 78.4 Å². The van der Waals surface area contributed by atoms with Gasteiger partial charge in [0, 0.05) is 5.56 Å². The fraction of sp³-hybridized carbons (Fsp3) is 0.0500. The highest BCUT2D eigenvalue weighted by Crippen LogP contribution is 2.26. The number of amides is 1. The van der Waals surface area contributed by atoms with Crippen molar-refractivity contribution in [3.63, 3.8) is 0 Å². The van der Waals surface area contributed by atoms with Crippen molar-refractivity contribution in [3.8, 4) is 10.6 Å². The van der Waals surface area contributed by atoms with Crippen molar-refractivity contribution in [1.29, 1.82) is 0 Å². The number of benzene rings is 3. The largest absolute Gasteiger partial charge is 0.300 e. The molecule has 0 saturated carbocycles. The molecule has 1 aromatic heterocycles. The molecule has 3 aromatic carbocycles. The van der Waals surface area contributed by atoms with Gasteiger partial charge in [0.1, 0.15) is 5.01 Å². The van der Waals surface area contributed by atoms with E-state index in [0.717, 1.165) is 21.5 Å². The molecule has 1 N–H and O–H groups in total. The molecule has 1 heterocycles. The number of rotatable bonds is 4. The van der Waals surface area contributed by atoms with Gasteiger partial charge in [0.2, 0.25) is 11.0 Å². The van der Waals surface area contributed by atoms with Crippen molar-refractivity contribution in [1.82, 2.24) is 10.2 Å². The molecule has 4 nitrogen and oxygen atoms in total. The summed E-state index contributed by atoms with van der Waals surface area (Å²) in [6, 6.07) is 24.0. The van der Waals surface area contributed by atoms with Gasteiger partial charge >= 0.3 is 0 Å². The number of carbonyl (C=O) groups excluding carboxylic acids is 1. The molecule has 0 radical (unpaired) electrons. The molecular weight excluding hydrogens is 330 g/mol. The average molecular weight is 345 g/mol. The number of hydrogen-bond acceptors (Lipinski definition) is 4. The third-order valence-electron chi connectivity index (χ3n) is 3.87. The topological polar surface area (TPSA) is 54.9 Å². The Balaban J connectivity index is 1.46. The molecule has 0 aliphatic rings. The van der Waals surface area contributed by atoms with Crippen LogP contribution < -0.4 is 5.32 Å². The zero-order valence-corrected chi connectivity index (χ0v) is 14.2. The molecule has 25 heavy (non-hydrogen) atoms. The lowest BCUT2D eigenvalue weighted by molar-refractivity contribution is -0.115. The van der Waals surface area contributed by atoms with Crippen LogP contribution in [0.5, 0.6) is 0 Å². The highest BCUT2D eigenvalue weighted by atomic mass is 32.1. The first kappa shape index (κ1) is 15.5. The van der Waals surface area contributed by atoms with Gasteiger partial charge in [0.25, 0.3) is 0 Å². The Labute approximate surface area is 149 Å². The van der Waals surface area contributed by atoms with Crippen LogP contribution in [-0.4, -0.2) is 16.1 Å². The van der Waals surface area contributed by atoms with Crippen LogP contribution in [0.25, 0.3) is 21.3 Å². The van der Waals surface area contributed by atoms with Gasteiger partial charge in [0.05, 0.1) is 6.42 Å². The van der Waals surface area contributed by atoms with Crippen LogP contribution >= 0.6 is 11.3 Å². The highest BCUT2D eigenvalue weighted by molar-refractivity contribution is 7.18. The van der Waals surface area contributed by atoms with Crippen LogP contribution in [0.15, 0.2) is 72.8 Å². The minimum atomic E-state index is -0.0916. The molecule has 0 fully saturated rings. The summed E-state index contributed by atoms with van der Waals surface area (Å²) in [6.45, 7) is 0. The van der Waals surface area contributed by atoms with E-state index in [1.807, 2.05) is 66.7 Å². The standard InChI is InChI=1S/C20H15N3OS/c24-18(13-14-10-11-15-6-4-5-9-17(15)12-14)21-20-23-22-19(25-20)16-7-2-1-3-8-16/h1-12H,13H2,(H,21,23,24). The second-order valence-corrected chi connectivity index (χ2v) is 6.66. The number of aromatic nitrogens is 2. The number of anilines is 1. The first-order valence-electron chi connectivity index (χ1n) is 7.94. The summed E-state index contributed by atoms with van der Waals surface area (Å²) < 4.78 is 0. The maximum atomic E-state index is 12.3. The Morgan fingerprint density at radius 3 is 2.48 bits per heavy atom. The molecule has 5 heteroatoms. The first-order chi connectivity index (χ1) is 12.3. The molecule has 0 atom stereocenters. The van der Waals surface area contributed by atoms with Gasteiger partial charge in [0.15, 0.2) is 0 Å². The van der Waals surface area contributed by atoms with E-state index in [1.165, 1.54) is 16.7 Å². The summed E-state index contributed by atoms with van der Waals surface area (Å²) in [5.74, 6) is -0.0916. The van der Waals surface area contributed by atoms with Gasteiger partial charge in [-0.2, -0.15) is 0 Å². The summed E-state index contributed by atoms with van der Waals surface area (Å²) in [5, 5.41) is 14.7. The van der Waals surface area contributed by atoms with Crippen molar-refractivity contribution < 1.29 is 4.79 Å². The summed E-state index contributed by atoms with van der Waals surface area (Å²) in [7, 11) is 0. The van der Waals surface area contributed by atoms with E-state index < -0.39 is 0 Å². The smallest absolute Gasteiger partial charge is 0.230 e. The SMILES string of the molecule is O=C(Cc1ccc2ccccc2c1)Nc1nnc(-c2ccccc2)s1. The Hall–Kier alpha value is -3.05. The fourth-order valence-electron chi connectivity index (χ4n) is 2.67. The molecule has 0 saturated heterocycles. The predicted molar refractivity (Wildman–Crippen MR) is 102 cm³/mol.